The molecule has 2 aromatic carbocycles. The summed E-state index contributed by atoms with van der Waals surface area (Å²) in [5.41, 5.74) is 9.01. The second-order valence-corrected chi connectivity index (χ2v) is 5.86. The molecule has 122 valence electrons. The van der Waals surface area contributed by atoms with E-state index in [9.17, 15) is 0 Å². The number of halogens is 2. The molecule has 1 aliphatic rings. The molecule has 0 aromatic heterocycles. The Hall–Kier alpha value is -1.48. The summed E-state index contributed by atoms with van der Waals surface area (Å²) in [7, 11) is 0. The minimum absolute atomic E-state index is 0. The van der Waals surface area contributed by atoms with Gasteiger partial charge < -0.3 is 20.5 Å². The van der Waals surface area contributed by atoms with Crippen LogP contribution >= 0.6 is 39.9 Å². The molecule has 5 nitrogen and oxygen atoms in total. The molecule has 0 radical (unpaired) electrons. The lowest BCUT2D eigenvalue weighted by atomic mass is 10.2. The highest BCUT2D eigenvalue weighted by Gasteiger charge is 2.17. The van der Waals surface area contributed by atoms with Crippen molar-refractivity contribution < 1.29 is 9.47 Å². The van der Waals surface area contributed by atoms with E-state index in [2.05, 4.69) is 26.2 Å². The Bertz CT molecular complexity index is 737. The number of ether oxygens (including phenoxy) is 2. The van der Waals surface area contributed by atoms with Crippen LogP contribution in [-0.4, -0.2) is 12.8 Å². The predicted octanol–water partition coefficient (Wildman–Crippen LogP) is 4.03. The van der Waals surface area contributed by atoms with Crippen molar-refractivity contribution in [3.8, 4) is 11.5 Å². The van der Waals surface area contributed by atoms with E-state index < -0.39 is 0 Å². The van der Waals surface area contributed by atoms with Crippen molar-refractivity contribution in [2.45, 2.75) is 13.5 Å². The Morgan fingerprint density at radius 2 is 2.13 bits per heavy atom. The van der Waals surface area contributed by atoms with Crippen LogP contribution in [0.5, 0.6) is 11.5 Å². The quantitative estimate of drug-likeness (QED) is 0.388. The van der Waals surface area contributed by atoms with Crippen molar-refractivity contribution in [3.63, 3.8) is 0 Å². The van der Waals surface area contributed by atoms with Crippen LogP contribution in [0.1, 0.15) is 11.1 Å². The number of hydrogen-bond donors (Lipinski definition) is 2. The second kappa shape index (κ2) is 7.87. The van der Waals surface area contributed by atoms with Gasteiger partial charge in [0.25, 0.3) is 0 Å². The lowest BCUT2D eigenvalue weighted by Crippen LogP contribution is -2.22. The van der Waals surface area contributed by atoms with Crippen molar-refractivity contribution in [3.05, 3.63) is 52.0 Å². The van der Waals surface area contributed by atoms with E-state index in [1.54, 1.807) is 0 Å². The molecule has 1 aliphatic heterocycles. The Morgan fingerprint density at radius 1 is 1.30 bits per heavy atom. The fraction of sp³-hybridized carbons (Fsp3) is 0.188. The second-order valence-electron chi connectivity index (χ2n) is 5.01. The lowest BCUT2D eigenvalue weighted by Gasteiger charge is -2.07. The maximum Gasteiger partial charge on any atom is 0.231 e. The zero-order valence-electron chi connectivity index (χ0n) is 12.5. The van der Waals surface area contributed by atoms with Gasteiger partial charge in [0, 0.05) is 5.69 Å². The average molecular weight is 490 g/mol. The SMILES string of the molecule is Cc1cccc(NC(N)=NCc2cc(Br)c3c(c2)OCO3)c1.I. The first-order chi connectivity index (χ1) is 10.6. The van der Waals surface area contributed by atoms with Crippen LogP contribution in [0.25, 0.3) is 0 Å². The number of benzene rings is 2. The molecule has 7 heteroatoms. The van der Waals surface area contributed by atoms with Gasteiger partial charge in [-0.2, -0.15) is 0 Å². The summed E-state index contributed by atoms with van der Waals surface area (Å²) in [6.45, 7) is 2.74. The first kappa shape index (κ1) is 17.9. The third kappa shape index (κ3) is 4.51. The highest BCUT2D eigenvalue weighted by molar-refractivity contribution is 14.0. The minimum atomic E-state index is 0. The van der Waals surface area contributed by atoms with Gasteiger partial charge >= 0.3 is 0 Å². The molecule has 0 atom stereocenters. The van der Waals surface area contributed by atoms with Gasteiger partial charge in [0.2, 0.25) is 6.79 Å². The highest BCUT2D eigenvalue weighted by Crippen LogP contribution is 2.40. The Morgan fingerprint density at radius 3 is 2.91 bits per heavy atom. The molecule has 0 spiro atoms. The summed E-state index contributed by atoms with van der Waals surface area (Å²) < 4.78 is 11.6. The van der Waals surface area contributed by atoms with Crippen LogP contribution in [0.15, 0.2) is 45.9 Å². The molecular formula is C16H17BrIN3O2. The smallest absolute Gasteiger partial charge is 0.231 e. The number of aliphatic imine (C=N–C) groups is 1. The van der Waals surface area contributed by atoms with E-state index in [1.165, 1.54) is 0 Å². The van der Waals surface area contributed by atoms with Gasteiger partial charge in [-0.15, -0.1) is 24.0 Å². The van der Waals surface area contributed by atoms with E-state index in [1.807, 2.05) is 43.3 Å². The van der Waals surface area contributed by atoms with Gasteiger partial charge in [0.05, 0.1) is 11.0 Å². The lowest BCUT2D eigenvalue weighted by molar-refractivity contribution is 0.173. The van der Waals surface area contributed by atoms with Crippen molar-refractivity contribution in [1.82, 2.24) is 0 Å². The first-order valence-electron chi connectivity index (χ1n) is 6.83. The number of nitrogens with one attached hydrogen (secondary N) is 1. The average Bonchev–Trinajstić information content (AvgIpc) is 2.94. The number of fused-ring (bicyclic) bond motifs is 1. The summed E-state index contributed by atoms with van der Waals surface area (Å²) in [6.07, 6.45) is 0. The van der Waals surface area contributed by atoms with Crippen LogP contribution in [0.2, 0.25) is 0 Å². The predicted molar refractivity (Wildman–Crippen MR) is 106 cm³/mol. The summed E-state index contributed by atoms with van der Waals surface area (Å²) >= 11 is 3.47. The molecule has 0 saturated carbocycles. The molecule has 3 rings (SSSR count). The summed E-state index contributed by atoms with van der Waals surface area (Å²) in [6, 6.07) is 11.8. The molecule has 0 saturated heterocycles. The van der Waals surface area contributed by atoms with Gasteiger partial charge in [0.15, 0.2) is 17.5 Å². The maximum absolute atomic E-state index is 5.93. The topological polar surface area (TPSA) is 68.9 Å². The largest absolute Gasteiger partial charge is 0.454 e. The first-order valence-corrected chi connectivity index (χ1v) is 7.63. The van der Waals surface area contributed by atoms with E-state index in [-0.39, 0.29) is 30.8 Å². The van der Waals surface area contributed by atoms with E-state index in [0.717, 1.165) is 32.8 Å². The van der Waals surface area contributed by atoms with Gasteiger partial charge in [-0.05, 0) is 58.2 Å². The molecule has 0 fully saturated rings. The van der Waals surface area contributed by atoms with Crippen molar-refractivity contribution >= 4 is 51.6 Å². The zero-order chi connectivity index (χ0) is 15.5. The van der Waals surface area contributed by atoms with Gasteiger partial charge in [0.1, 0.15) is 0 Å². The third-order valence-electron chi connectivity index (χ3n) is 3.21. The van der Waals surface area contributed by atoms with Gasteiger partial charge in [-0.3, -0.25) is 0 Å². The summed E-state index contributed by atoms with van der Waals surface area (Å²) in [5.74, 6) is 1.84. The molecule has 0 unspecified atom stereocenters. The van der Waals surface area contributed by atoms with Gasteiger partial charge in [-0.1, -0.05) is 12.1 Å². The number of nitrogens with two attached hydrogens (primary N) is 1. The Balaban J connectivity index is 0.00000192. The van der Waals surface area contributed by atoms with Gasteiger partial charge in [-0.25, -0.2) is 4.99 Å². The third-order valence-corrected chi connectivity index (χ3v) is 3.80. The fourth-order valence-corrected chi connectivity index (χ4v) is 2.80. The van der Waals surface area contributed by atoms with E-state index in [0.29, 0.717) is 12.5 Å². The summed E-state index contributed by atoms with van der Waals surface area (Å²) in [5, 5.41) is 3.08. The van der Waals surface area contributed by atoms with E-state index >= 15 is 0 Å². The number of hydrogen-bond acceptors (Lipinski definition) is 3. The van der Waals surface area contributed by atoms with E-state index in [4.69, 9.17) is 15.2 Å². The van der Waals surface area contributed by atoms with Crippen molar-refractivity contribution in [1.29, 1.82) is 0 Å². The molecule has 23 heavy (non-hydrogen) atoms. The summed E-state index contributed by atoms with van der Waals surface area (Å²) in [4.78, 5) is 4.35. The van der Waals surface area contributed by atoms with Crippen molar-refractivity contribution in [2.75, 3.05) is 12.1 Å². The molecule has 0 aliphatic carbocycles. The number of aryl methyl sites for hydroxylation is 1. The number of nitrogens with zero attached hydrogens (tertiary/aromatic N) is 1. The number of anilines is 1. The monoisotopic (exact) mass is 489 g/mol. The highest BCUT2D eigenvalue weighted by atomic mass is 127. The molecular weight excluding hydrogens is 473 g/mol. The number of guanidine groups is 1. The van der Waals surface area contributed by atoms with Crippen LogP contribution < -0.4 is 20.5 Å². The zero-order valence-corrected chi connectivity index (χ0v) is 16.4. The molecule has 0 bridgehead atoms. The van der Waals surface area contributed by atoms with Crippen molar-refractivity contribution in [2.24, 2.45) is 10.7 Å². The normalized spacial score (nSPS) is 12.7. The Kier molecular flexibility index (Phi) is 6.11. The van der Waals surface area contributed by atoms with Crippen LogP contribution in [-0.2, 0) is 6.54 Å². The minimum Gasteiger partial charge on any atom is -0.454 e. The molecule has 1 heterocycles. The van der Waals surface area contributed by atoms with Crippen LogP contribution in [0, 0.1) is 6.92 Å². The van der Waals surface area contributed by atoms with Crippen LogP contribution in [0.3, 0.4) is 0 Å². The molecule has 2 aromatic rings. The molecule has 0 amide bonds. The maximum atomic E-state index is 5.93. The molecule has 3 N–H and O–H groups in total. The van der Waals surface area contributed by atoms with Crippen LogP contribution in [0.4, 0.5) is 5.69 Å². The standard InChI is InChI=1S/C16H16BrN3O2.HI/c1-10-3-2-4-12(5-10)20-16(18)19-8-11-6-13(17)15-14(7-11)21-9-22-15;/h2-7H,8-9H2,1H3,(H3,18,19,20);1H. The fourth-order valence-electron chi connectivity index (χ4n) is 2.20. The number of rotatable bonds is 3. The Labute approximate surface area is 160 Å².